The van der Waals surface area contributed by atoms with Crippen LogP contribution >= 0.6 is 27.3 Å². The summed E-state index contributed by atoms with van der Waals surface area (Å²) < 4.78 is 11.2. The summed E-state index contributed by atoms with van der Waals surface area (Å²) in [4.78, 5) is 13.0. The van der Waals surface area contributed by atoms with E-state index in [0.717, 1.165) is 9.35 Å². The Hall–Kier alpha value is -1.86. The Morgan fingerprint density at radius 2 is 1.90 bits per heavy atom. The summed E-state index contributed by atoms with van der Waals surface area (Å²) in [6, 6.07) is 6.85. The maximum Gasteiger partial charge on any atom is 0.271 e. The standard InChI is InChI=1S/C14H13BrN2O3S/c1-19-11-3-9(4-12(6-11)20-2)14(18)17-16-7-13-5-10(15)8-21-13/h3-8H,1-2H3,(H,17,18)/b16-7+. The van der Waals surface area contributed by atoms with E-state index in [1.165, 1.54) is 25.6 Å². The number of nitrogens with one attached hydrogen (secondary N) is 1. The van der Waals surface area contributed by atoms with Crippen LogP contribution in [0, 0.1) is 0 Å². The van der Waals surface area contributed by atoms with Crippen molar-refractivity contribution in [2.24, 2.45) is 5.10 Å². The summed E-state index contributed by atoms with van der Waals surface area (Å²) in [6.45, 7) is 0. The molecule has 110 valence electrons. The molecule has 1 amide bonds. The number of hydrogen-bond donors (Lipinski definition) is 1. The van der Waals surface area contributed by atoms with E-state index in [0.29, 0.717) is 17.1 Å². The van der Waals surface area contributed by atoms with Crippen LogP contribution in [0.2, 0.25) is 0 Å². The van der Waals surface area contributed by atoms with Crippen LogP contribution in [0.25, 0.3) is 0 Å². The van der Waals surface area contributed by atoms with Crippen LogP contribution in [-0.2, 0) is 0 Å². The van der Waals surface area contributed by atoms with Crippen molar-refractivity contribution >= 4 is 39.4 Å². The molecule has 0 aliphatic rings. The number of benzene rings is 1. The zero-order valence-electron chi connectivity index (χ0n) is 11.4. The minimum Gasteiger partial charge on any atom is -0.497 e. The molecule has 0 aliphatic heterocycles. The fourth-order valence-corrected chi connectivity index (χ4v) is 2.86. The van der Waals surface area contributed by atoms with Crippen molar-refractivity contribution < 1.29 is 14.3 Å². The van der Waals surface area contributed by atoms with Gasteiger partial charge in [-0.2, -0.15) is 5.10 Å². The van der Waals surface area contributed by atoms with Crippen molar-refractivity contribution in [3.63, 3.8) is 0 Å². The number of thiophene rings is 1. The molecule has 1 heterocycles. The second-order valence-electron chi connectivity index (χ2n) is 3.97. The van der Waals surface area contributed by atoms with E-state index in [4.69, 9.17) is 9.47 Å². The van der Waals surface area contributed by atoms with Crippen LogP contribution in [0.1, 0.15) is 15.2 Å². The quantitative estimate of drug-likeness (QED) is 0.650. The first-order valence-electron chi connectivity index (χ1n) is 5.93. The minimum atomic E-state index is -0.334. The molecule has 0 aliphatic carbocycles. The first kappa shape index (κ1) is 15.5. The summed E-state index contributed by atoms with van der Waals surface area (Å²) >= 11 is 4.88. The van der Waals surface area contributed by atoms with Crippen molar-refractivity contribution in [2.75, 3.05) is 14.2 Å². The average Bonchev–Trinajstić information content (AvgIpc) is 2.92. The lowest BCUT2D eigenvalue weighted by Gasteiger charge is -2.07. The molecule has 5 nitrogen and oxygen atoms in total. The number of nitrogens with zero attached hydrogens (tertiary/aromatic N) is 1. The molecule has 0 spiro atoms. The van der Waals surface area contributed by atoms with Gasteiger partial charge in [-0.1, -0.05) is 0 Å². The topological polar surface area (TPSA) is 59.9 Å². The molecule has 1 aromatic heterocycles. The fraction of sp³-hybridized carbons (Fsp3) is 0.143. The maximum atomic E-state index is 12.0. The lowest BCUT2D eigenvalue weighted by Crippen LogP contribution is -2.17. The molecule has 0 saturated carbocycles. The number of rotatable bonds is 5. The molecule has 1 N–H and O–H groups in total. The van der Waals surface area contributed by atoms with Gasteiger partial charge in [-0.25, -0.2) is 5.43 Å². The van der Waals surface area contributed by atoms with Gasteiger partial charge in [0.1, 0.15) is 11.5 Å². The number of carbonyl (C=O) groups excluding carboxylic acids is 1. The molecule has 7 heteroatoms. The number of amides is 1. The molecule has 21 heavy (non-hydrogen) atoms. The van der Waals surface area contributed by atoms with Crippen LogP contribution in [0.4, 0.5) is 0 Å². The summed E-state index contributed by atoms with van der Waals surface area (Å²) in [5.41, 5.74) is 2.88. The number of carbonyl (C=O) groups is 1. The predicted octanol–water partition coefficient (Wildman–Crippen LogP) is 3.29. The smallest absolute Gasteiger partial charge is 0.271 e. The normalized spacial score (nSPS) is 10.6. The van der Waals surface area contributed by atoms with E-state index in [1.54, 1.807) is 24.4 Å². The first-order chi connectivity index (χ1) is 10.1. The third-order valence-electron chi connectivity index (χ3n) is 2.56. The van der Waals surface area contributed by atoms with E-state index in [-0.39, 0.29) is 5.91 Å². The summed E-state index contributed by atoms with van der Waals surface area (Å²) in [6.07, 6.45) is 1.59. The molecule has 0 fully saturated rings. The van der Waals surface area contributed by atoms with Gasteiger partial charge >= 0.3 is 0 Å². The Kier molecular flexibility index (Phi) is 5.35. The summed E-state index contributed by atoms with van der Waals surface area (Å²) in [5, 5.41) is 5.87. The van der Waals surface area contributed by atoms with Crippen LogP contribution in [0.3, 0.4) is 0 Å². The molecule has 0 atom stereocenters. The molecular formula is C14H13BrN2O3S. The highest BCUT2D eigenvalue weighted by Gasteiger charge is 2.09. The van der Waals surface area contributed by atoms with Gasteiger partial charge in [0, 0.05) is 26.4 Å². The Bertz CT molecular complexity index is 648. The average molecular weight is 369 g/mol. The van der Waals surface area contributed by atoms with Crippen LogP contribution < -0.4 is 14.9 Å². The zero-order valence-corrected chi connectivity index (χ0v) is 13.8. The van der Waals surface area contributed by atoms with Gasteiger partial charge in [-0.3, -0.25) is 4.79 Å². The third kappa shape index (κ3) is 4.30. The number of ether oxygens (including phenoxy) is 2. The highest BCUT2D eigenvalue weighted by molar-refractivity contribution is 9.10. The number of halogens is 1. The zero-order chi connectivity index (χ0) is 15.2. The van der Waals surface area contributed by atoms with Gasteiger partial charge in [0.15, 0.2) is 0 Å². The van der Waals surface area contributed by atoms with E-state index < -0.39 is 0 Å². The van der Waals surface area contributed by atoms with E-state index in [2.05, 4.69) is 26.5 Å². The molecule has 2 aromatic rings. The minimum absolute atomic E-state index is 0.334. The van der Waals surface area contributed by atoms with E-state index >= 15 is 0 Å². The SMILES string of the molecule is COc1cc(OC)cc(C(=O)N/N=C/c2cc(Br)cs2)c1. The third-order valence-corrected chi connectivity index (χ3v) is 4.19. The fourth-order valence-electron chi connectivity index (χ4n) is 1.55. The molecule has 0 bridgehead atoms. The van der Waals surface area contributed by atoms with Crippen molar-refractivity contribution in [1.29, 1.82) is 0 Å². The largest absolute Gasteiger partial charge is 0.497 e. The number of hydrazone groups is 1. The molecular weight excluding hydrogens is 356 g/mol. The van der Waals surface area contributed by atoms with Crippen LogP contribution in [0.5, 0.6) is 11.5 Å². The second kappa shape index (κ2) is 7.24. The lowest BCUT2D eigenvalue weighted by molar-refractivity contribution is 0.0954. The Morgan fingerprint density at radius 1 is 1.24 bits per heavy atom. The Labute approximate surface area is 134 Å². The lowest BCUT2D eigenvalue weighted by atomic mass is 10.2. The molecule has 0 saturated heterocycles. The Balaban J connectivity index is 2.07. The maximum absolute atomic E-state index is 12.0. The molecule has 0 radical (unpaired) electrons. The Morgan fingerprint density at radius 3 is 2.43 bits per heavy atom. The van der Waals surface area contributed by atoms with Gasteiger partial charge < -0.3 is 9.47 Å². The summed E-state index contributed by atoms with van der Waals surface area (Å²) in [5.74, 6) is 0.760. The van der Waals surface area contributed by atoms with Gasteiger partial charge in [0.25, 0.3) is 5.91 Å². The van der Waals surface area contributed by atoms with Crippen molar-refractivity contribution in [2.45, 2.75) is 0 Å². The second-order valence-corrected chi connectivity index (χ2v) is 5.83. The van der Waals surface area contributed by atoms with Crippen molar-refractivity contribution in [3.8, 4) is 11.5 Å². The molecule has 2 rings (SSSR count). The van der Waals surface area contributed by atoms with Gasteiger partial charge in [0.2, 0.25) is 0 Å². The van der Waals surface area contributed by atoms with Gasteiger partial charge in [-0.05, 0) is 34.1 Å². The highest BCUT2D eigenvalue weighted by atomic mass is 79.9. The van der Waals surface area contributed by atoms with Crippen molar-refractivity contribution in [3.05, 3.63) is 44.6 Å². The van der Waals surface area contributed by atoms with E-state index in [1.807, 2.05) is 11.4 Å². The molecule has 0 unspecified atom stereocenters. The van der Waals surface area contributed by atoms with Gasteiger partial charge in [0.05, 0.1) is 20.4 Å². The number of hydrogen-bond acceptors (Lipinski definition) is 5. The highest BCUT2D eigenvalue weighted by Crippen LogP contribution is 2.22. The number of methoxy groups -OCH3 is 2. The van der Waals surface area contributed by atoms with Crippen LogP contribution in [0.15, 0.2) is 39.2 Å². The first-order valence-corrected chi connectivity index (χ1v) is 7.60. The summed E-state index contributed by atoms with van der Waals surface area (Å²) in [7, 11) is 3.06. The van der Waals surface area contributed by atoms with Crippen molar-refractivity contribution in [1.82, 2.24) is 5.43 Å². The monoisotopic (exact) mass is 368 g/mol. The van der Waals surface area contributed by atoms with E-state index in [9.17, 15) is 4.79 Å². The van der Waals surface area contributed by atoms with Gasteiger partial charge in [-0.15, -0.1) is 11.3 Å². The predicted molar refractivity (Wildman–Crippen MR) is 86.6 cm³/mol. The molecule has 1 aromatic carbocycles. The van der Waals surface area contributed by atoms with Crippen LogP contribution in [-0.4, -0.2) is 26.3 Å².